The van der Waals surface area contributed by atoms with E-state index in [9.17, 15) is 14.3 Å². The Morgan fingerprint density at radius 2 is 2.05 bits per heavy atom. The van der Waals surface area contributed by atoms with Crippen molar-refractivity contribution in [3.63, 3.8) is 0 Å². The van der Waals surface area contributed by atoms with Gasteiger partial charge in [-0.2, -0.15) is 0 Å². The molecule has 0 aliphatic heterocycles. The van der Waals surface area contributed by atoms with Crippen LogP contribution in [0.25, 0.3) is 20.5 Å². The zero-order valence-electron chi connectivity index (χ0n) is 11.3. The van der Waals surface area contributed by atoms with Crippen LogP contribution in [0.1, 0.15) is 6.92 Å². The molecule has 0 spiro atoms. The first kappa shape index (κ1) is 14.9. The normalized spacial score (nSPS) is 10.9. The van der Waals surface area contributed by atoms with E-state index in [4.69, 9.17) is 4.74 Å². The SMILES string of the molecule is CC(=O)Oc1ncc2c(Br)c(-c3ccc(F)cc3)sc2c1O. The van der Waals surface area contributed by atoms with Crippen LogP contribution < -0.4 is 4.74 Å². The highest BCUT2D eigenvalue weighted by atomic mass is 79.9. The van der Waals surface area contributed by atoms with E-state index < -0.39 is 5.97 Å². The number of halogens is 2. The molecular weight excluding hydrogens is 373 g/mol. The Morgan fingerprint density at radius 3 is 2.68 bits per heavy atom. The molecule has 0 aliphatic carbocycles. The number of nitrogens with zero attached hydrogens (tertiary/aromatic N) is 1. The molecule has 0 aliphatic rings. The smallest absolute Gasteiger partial charge is 0.309 e. The summed E-state index contributed by atoms with van der Waals surface area (Å²) in [4.78, 5) is 15.8. The molecule has 112 valence electrons. The molecule has 0 radical (unpaired) electrons. The highest BCUT2D eigenvalue weighted by Gasteiger charge is 2.19. The fraction of sp³-hybridized carbons (Fsp3) is 0.0667. The fourth-order valence-electron chi connectivity index (χ4n) is 1.99. The lowest BCUT2D eigenvalue weighted by Gasteiger charge is -2.02. The van der Waals surface area contributed by atoms with E-state index in [1.165, 1.54) is 36.6 Å². The summed E-state index contributed by atoms with van der Waals surface area (Å²) in [5.41, 5.74) is 0.808. The van der Waals surface area contributed by atoms with Gasteiger partial charge >= 0.3 is 5.97 Å². The molecule has 0 atom stereocenters. The van der Waals surface area contributed by atoms with E-state index in [1.807, 2.05) is 0 Å². The van der Waals surface area contributed by atoms with Crippen LogP contribution in [0.4, 0.5) is 4.39 Å². The highest BCUT2D eigenvalue weighted by molar-refractivity contribution is 9.10. The molecule has 0 bridgehead atoms. The van der Waals surface area contributed by atoms with Crippen molar-refractivity contribution in [2.24, 2.45) is 0 Å². The minimum Gasteiger partial charge on any atom is -0.502 e. The van der Waals surface area contributed by atoms with Crippen LogP contribution in [0.3, 0.4) is 0 Å². The van der Waals surface area contributed by atoms with Crippen molar-refractivity contribution in [1.82, 2.24) is 4.98 Å². The summed E-state index contributed by atoms with van der Waals surface area (Å²) in [5.74, 6) is -1.19. The van der Waals surface area contributed by atoms with Gasteiger partial charge in [-0.15, -0.1) is 11.3 Å². The molecule has 4 nitrogen and oxygen atoms in total. The van der Waals surface area contributed by atoms with Gasteiger partial charge in [-0.1, -0.05) is 12.1 Å². The molecule has 2 heterocycles. The number of rotatable bonds is 2. The van der Waals surface area contributed by atoms with Crippen molar-refractivity contribution >= 4 is 43.3 Å². The van der Waals surface area contributed by atoms with Gasteiger partial charge in [0.1, 0.15) is 5.82 Å². The maximum Gasteiger partial charge on any atom is 0.309 e. The second-order valence-corrected chi connectivity index (χ2v) is 6.31. The van der Waals surface area contributed by atoms with Gasteiger partial charge in [0.2, 0.25) is 0 Å². The number of carbonyl (C=O) groups excluding carboxylic acids is 1. The number of thiophene rings is 1. The standard InChI is InChI=1S/C15H9BrFNO3S/c1-7(19)21-15-12(20)14-10(6-18-15)11(16)13(22-14)8-2-4-9(17)5-3-8/h2-6,20H,1H3. The highest BCUT2D eigenvalue weighted by Crippen LogP contribution is 2.47. The molecule has 0 amide bonds. The van der Waals surface area contributed by atoms with E-state index in [-0.39, 0.29) is 17.4 Å². The predicted octanol–water partition coefficient (Wildman–Crippen LogP) is 4.50. The van der Waals surface area contributed by atoms with E-state index in [1.54, 1.807) is 12.1 Å². The lowest BCUT2D eigenvalue weighted by molar-refractivity contribution is -0.132. The summed E-state index contributed by atoms with van der Waals surface area (Å²) in [6, 6.07) is 6.05. The van der Waals surface area contributed by atoms with Crippen molar-refractivity contribution in [3.05, 3.63) is 40.8 Å². The molecule has 1 aromatic carbocycles. The number of ether oxygens (including phenoxy) is 1. The van der Waals surface area contributed by atoms with Crippen LogP contribution in [0, 0.1) is 5.82 Å². The number of carbonyl (C=O) groups is 1. The minimum absolute atomic E-state index is 0.126. The Balaban J connectivity index is 2.18. The van der Waals surface area contributed by atoms with Gasteiger partial charge in [0.25, 0.3) is 5.88 Å². The number of esters is 1. The van der Waals surface area contributed by atoms with Crippen molar-refractivity contribution in [3.8, 4) is 22.1 Å². The molecule has 22 heavy (non-hydrogen) atoms. The number of aromatic hydroxyl groups is 1. The molecular formula is C15H9BrFNO3S. The van der Waals surface area contributed by atoms with Crippen LogP contribution >= 0.6 is 27.3 Å². The van der Waals surface area contributed by atoms with Gasteiger partial charge in [-0.25, -0.2) is 9.37 Å². The monoisotopic (exact) mass is 381 g/mol. The molecule has 3 aromatic rings. The number of benzene rings is 1. The van der Waals surface area contributed by atoms with Crippen LogP contribution in [0.2, 0.25) is 0 Å². The van der Waals surface area contributed by atoms with Gasteiger partial charge < -0.3 is 9.84 Å². The zero-order chi connectivity index (χ0) is 15.9. The number of fused-ring (bicyclic) bond motifs is 1. The summed E-state index contributed by atoms with van der Waals surface area (Å²) in [5, 5.41) is 10.9. The lowest BCUT2D eigenvalue weighted by atomic mass is 10.2. The fourth-order valence-corrected chi connectivity index (χ4v) is 4.00. The van der Waals surface area contributed by atoms with Crippen LogP contribution in [0.15, 0.2) is 34.9 Å². The Hall–Kier alpha value is -1.99. The molecule has 7 heteroatoms. The van der Waals surface area contributed by atoms with Gasteiger partial charge in [-0.05, 0) is 33.6 Å². The second kappa shape index (κ2) is 5.66. The van der Waals surface area contributed by atoms with Crippen molar-refractivity contribution in [2.45, 2.75) is 6.92 Å². The molecule has 0 fully saturated rings. The maximum atomic E-state index is 13.0. The number of hydrogen-bond acceptors (Lipinski definition) is 5. The van der Waals surface area contributed by atoms with E-state index in [0.717, 1.165) is 14.9 Å². The lowest BCUT2D eigenvalue weighted by Crippen LogP contribution is -2.02. The number of pyridine rings is 1. The maximum absolute atomic E-state index is 13.0. The Morgan fingerprint density at radius 1 is 1.36 bits per heavy atom. The number of hydrogen-bond donors (Lipinski definition) is 1. The van der Waals surface area contributed by atoms with Crippen molar-refractivity contribution in [2.75, 3.05) is 0 Å². The van der Waals surface area contributed by atoms with Gasteiger partial charge in [0.15, 0.2) is 5.75 Å². The molecule has 2 aromatic heterocycles. The predicted molar refractivity (Wildman–Crippen MR) is 85.7 cm³/mol. The summed E-state index contributed by atoms with van der Waals surface area (Å²) in [6.07, 6.45) is 1.51. The van der Waals surface area contributed by atoms with Gasteiger partial charge in [0.05, 0.1) is 4.70 Å². The number of aromatic nitrogens is 1. The molecule has 0 saturated carbocycles. The summed E-state index contributed by atoms with van der Waals surface area (Å²) < 4.78 is 19.2. The summed E-state index contributed by atoms with van der Waals surface area (Å²) in [6.45, 7) is 1.24. The van der Waals surface area contributed by atoms with E-state index in [0.29, 0.717) is 10.1 Å². The average Bonchev–Trinajstić information content (AvgIpc) is 2.81. The largest absolute Gasteiger partial charge is 0.502 e. The van der Waals surface area contributed by atoms with E-state index >= 15 is 0 Å². The first-order valence-corrected chi connectivity index (χ1v) is 7.82. The Kier molecular flexibility index (Phi) is 3.84. The Labute approximate surface area is 137 Å². The van der Waals surface area contributed by atoms with Crippen LogP contribution in [-0.4, -0.2) is 16.1 Å². The van der Waals surface area contributed by atoms with Crippen molar-refractivity contribution < 1.29 is 19.0 Å². The first-order chi connectivity index (χ1) is 10.5. The Bertz CT molecular complexity index is 877. The quantitative estimate of drug-likeness (QED) is 0.664. The van der Waals surface area contributed by atoms with Crippen LogP contribution in [-0.2, 0) is 4.79 Å². The summed E-state index contributed by atoms with van der Waals surface area (Å²) in [7, 11) is 0. The third-order valence-electron chi connectivity index (χ3n) is 2.96. The topological polar surface area (TPSA) is 59.4 Å². The van der Waals surface area contributed by atoms with Gasteiger partial charge in [0, 0.05) is 27.9 Å². The molecule has 1 N–H and O–H groups in total. The minimum atomic E-state index is -0.559. The third-order valence-corrected chi connectivity index (χ3v) is 5.31. The van der Waals surface area contributed by atoms with Crippen molar-refractivity contribution in [1.29, 1.82) is 0 Å². The average molecular weight is 382 g/mol. The molecule has 0 saturated heterocycles. The van der Waals surface area contributed by atoms with E-state index in [2.05, 4.69) is 20.9 Å². The van der Waals surface area contributed by atoms with Crippen LogP contribution in [0.5, 0.6) is 11.6 Å². The van der Waals surface area contributed by atoms with Gasteiger partial charge in [-0.3, -0.25) is 4.79 Å². The zero-order valence-corrected chi connectivity index (χ0v) is 13.7. The third kappa shape index (κ3) is 2.57. The molecule has 0 unspecified atom stereocenters. The summed E-state index contributed by atoms with van der Waals surface area (Å²) >= 11 is 4.77. The molecule has 3 rings (SSSR count). The second-order valence-electron chi connectivity index (χ2n) is 4.50. The first-order valence-electron chi connectivity index (χ1n) is 6.21.